The summed E-state index contributed by atoms with van der Waals surface area (Å²) in [7, 11) is 0. The molecule has 3 rings (SSSR count). The minimum Gasteiger partial charge on any atom is -0.272 e. The Kier molecular flexibility index (Phi) is 8.61. The van der Waals surface area contributed by atoms with Crippen molar-refractivity contribution in [3.8, 4) is 0 Å². The van der Waals surface area contributed by atoms with Crippen LogP contribution in [-0.4, -0.2) is 32.0 Å². The molecule has 0 aliphatic rings. The number of carbonyl (C=O) groups excluding carboxylic acids is 2. The molecule has 9 nitrogen and oxygen atoms in total. The van der Waals surface area contributed by atoms with Crippen LogP contribution < -0.4 is 10.9 Å². The molecule has 0 aliphatic heterocycles. The predicted octanol–water partition coefficient (Wildman–Crippen LogP) is 4.24. The van der Waals surface area contributed by atoms with E-state index in [-0.39, 0.29) is 5.69 Å². The third-order valence-corrected chi connectivity index (χ3v) is 6.61. The summed E-state index contributed by atoms with van der Waals surface area (Å²) in [6.45, 7) is 5.54. The number of hydrogen-bond donors (Lipinski definition) is 2. The summed E-state index contributed by atoms with van der Waals surface area (Å²) in [5, 5.41) is 10.9. The van der Waals surface area contributed by atoms with Crippen LogP contribution in [0.2, 0.25) is 0 Å². The highest BCUT2D eigenvalue weighted by Gasteiger charge is 2.16. The van der Waals surface area contributed by atoms with E-state index >= 15 is 0 Å². The number of nitrogens with zero attached hydrogens (tertiary/aromatic N) is 3. The summed E-state index contributed by atoms with van der Waals surface area (Å²) in [5.41, 5.74) is 8.08. The zero-order chi connectivity index (χ0) is 24.7. The van der Waals surface area contributed by atoms with Crippen molar-refractivity contribution in [1.29, 1.82) is 0 Å². The first kappa shape index (κ1) is 25.2. The molecule has 176 valence electrons. The average molecular weight is 498 g/mol. The number of aromatic nitrogens is 2. The van der Waals surface area contributed by atoms with Gasteiger partial charge in [0, 0.05) is 39.7 Å². The second-order valence-corrected chi connectivity index (χ2v) is 9.73. The molecule has 0 saturated heterocycles. The Labute approximate surface area is 205 Å². The minimum atomic E-state index is -0.520. The molecule has 1 unspecified atom stereocenters. The molecular weight excluding hydrogens is 474 g/mol. The van der Waals surface area contributed by atoms with Crippen molar-refractivity contribution in [3.63, 3.8) is 0 Å². The monoisotopic (exact) mass is 497 g/mol. The third kappa shape index (κ3) is 7.29. The molecular formula is C23H23N5O4S2. The van der Waals surface area contributed by atoms with Crippen molar-refractivity contribution in [1.82, 2.24) is 20.8 Å². The van der Waals surface area contributed by atoms with Crippen molar-refractivity contribution in [2.75, 3.05) is 0 Å². The number of benzene rings is 2. The number of nitro groups is 1. The van der Waals surface area contributed by atoms with E-state index in [1.54, 1.807) is 31.2 Å². The maximum absolute atomic E-state index is 12.4. The normalized spacial score (nSPS) is 11.5. The number of hydrogen-bond acceptors (Lipinski definition) is 8. The van der Waals surface area contributed by atoms with Crippen molar-refractivity contribution in [3.05, 3.63) is 87.2 Å². The molecule has 1 heterocycles. The van der Waals surface area contributed by atoms with Gasteiger partial charge >= 0.3 is 0 Å². The topological polar surface area (TPSA) is 127 Å². The maximum Gasteiger partial charge on any atom is 0.269 e. The quantitative estimate of drug-likeness (QED) is 0.205. The van der Waals surface area contributed by atoms with Gasteiger partial charge in [0.05, 0.1) is 10.2 Å². The number of nitrogens with one attached hydrogen (secondary N) is 2. The van der Waals surface area contributed by atoms with Gasteiger partial charge in [-0.15, -0.1) is 11.8 Å². The molecule has 2 aromatic carbocycles. The van der Waals surface area contributed by atoms with Crippen LogP contribution in [0.1, 0.15) is 34.2 Å². The fourth-order valence-electron chi connectivity index (χ4n) is 2.85. The number of aryl methyl sites for hydroxylation is 2. The SMILES string of the molecule is Cc1cc(C)nc(SCc2ccc(C(=O)NNC(=O)C(C)Sc3ccc([N+](=O)[O-])cc3)cc2)n1. The molecule has 0 bridgehead atoms. The van der Waals surface area contributed by atoms with E-state index in [0.717, 1.165) is 17.0 Å². The highest BCUT2D eigenvalue weighted by atomic mass is 32.2. The zero-order valence-electron chi connectivity index (χ0n) is 18.8. The van der Waals surface area contributed by atoms with Crippen LogP contribution in [0, 0.1) is 24.0 Å². The highest BCUT2D eigenvalue weighted by molar-refractivity contribution is 8.00. The van der Waals surface area contributed by atoms with Crippen LogP contribution in [0.5, 0.6) is 0 Å². The van der Waals surface area contributed by atoms with E-state index in [2.05, 4.69) is 20.8 Å². The molecule has 34 heavy (non-hydrogen) atoms. The largest absolute Gasteiger partial charge is 0.272 e. The summed E-state index contributed by atoms with van der Waals surface area (Å²) in [5.74, 6) is -0.158. The van der Waals surface area contributed by atoms with Gasteiger partial charge in [0.2, 0.25) is 0 Å². The maximum atomic E-state index is 12.4. The molecule has 1 atom stereocenters. The second-order valence-electron chi connectivity index (χ2n) is 7.37. The van der Waals surface area contributed by atoms with Gasteiger partial charge in [-0.2, -0.15) is 0 Å². The Bertz CT molecular complexity index is 1170. The number of rotatable bonds is 8. The van der Waals surface area contributed by atoms with E-state index in [9.17, 15) is 19.7 Å². The lowest BCUT2D eigenvalue weighted by atomic mass is 10.1. The molecule has 0 saturated carbocycles. The van der Waals surface area contributed by atoms with Gasteiger partial charge in [-0.05, 0) is 56.7 Å². The second kappa shape index (κ2) is 11.6. The summed E-state index contributed by atoms with van der Waals surface area (Å²) < 4.78 is 0. The molecule has 2 N–H and O–H groups in total. The van der Waals surface area contributed by atoms with E-state index in [1.807, 2.05) is 32.0 Å². The Morgan fingerprint density at radius 2 is 1.62 bits per heavy atom. The first-order chi connectivity index (χ1) is 16.2. The Hall–Kier alpha value is -3.44. The minimum absolute atomic E-state index is 0.0167. The molecule has 1 aromatic heterocycles. The summed E-state index contributed by atoms with van der Waals surface area (Å²) in [6, 6.07) is 14.9. The number of nitro benzene ring substituents is 1. The fourth-order valence-corrected chi connectivity index (χ4v) is 4.63. The van der Waals surface area contributed by atoms with Crippen LogP contribution in [0.15, 0.2) is 64.6 Å². The van der Waals surface area contributed by atoms with Gasteiger partial charge in [-0.25, -0.2) is 9.97 Å². The third-order valence-electron chi connectivity index (χ3n) is 4.57. The van der Waals surface area contributed by atoms with E-state index in [4.69, 9.17) is 0 Å². The van der Waals surface area contributed by atoms with Gasteiger partial charge in [0.1, 0.15) is 0 Å². The van der Waals surface area contributed by atoms with Crippen molar-refractivity contribution in [2.45, 2.75) is 41.8 Å². The Morgan fingerprint density at radius 3 is 2.21 bits per heavy atom. The Morgan fingerprint density at radius 1 is 1.00 bits per heavy atom. The molecule has 0 fully saturated rings. The predicted molar refractivity (Wildman–Crippen MR) is 132 cm³/mol. The lowest BCUT2D eigenvalue weighted by Crippen LogP contribution is -2.44. The van der Waals surface area contributed by atoms with Crippen LogP contribution in [0.3, 0.4) is 0 Å². The molecule has 0 radical (unpaired) electrons. The van der Waals surface area contributed by atoms with Crippen LogP contribution in [-0.2, 0) is 10.5 Å². The zero-order valence-corrected chi connectivity index (χ0v) is 20.4. The van der Waals surface area contributed by atoms with E-state index in [1.165, 1.54) is 35.7 Å². The summed E-state index contributed by atoms with van der Waals surface area (Å²) in [4.78, 5) is 44.5. The number of hydrazine groups is 1. The molecule has 0 spiro atoms. The molecule has 11 heteroatoms. The average Bonchev–Trinajstić information content (AvgIpc) is 2.81. The number of carbonyl (C=O) groups is 2. The van der Waals surface area contributed by atoms with E-state index < -0.39 is 22.0 Å². The first-order valence-electron chi connectivity index (χ1n) is 10.3. The summed E-state index contributed by atoms with van der Waals surface area (Å²) in [6.07, 6.45) is 0. The van der Waals surface area contributed by atoms with E-state index in [0.29, 0.717) is 21.4 Å². The van der Waals surface area contributed by atoms with Gasteiger partial charge in [0.15, 0.2) is 5.16 Å². The van der Waals surface area contributed by atoms with Gasteiger partial charge in [-0.1, -0.05) is 23.9 Å². The number of non-ortho nitro benzene ring substituents is 1. The first-order valence-corrected chi connectivity index (χ1v) is 12.1. The lowest BCUT2D eigenvalue weighted by Gasteiger charge is -2.13. The van der Waals surface area contributed by atoms with Gasteiger partial charge in [0.25, 0.3) is 17.5 Å². The highest BCUT2D eigenvalue weighted by Crippen LogP contribution is 2.25. The van der Waals surface area contributed by atoms with Crippen molar-refractivity contribution >= 4 is 41.0 Å². The van der Waals surface area contributed by atoms with Crippen LogP contribution >= 0.6 is 23.5 Å². The molecule has 3 aromatic rings. The number of amides is 2. The number of thioether (sulfide) groups is 2. The lowest BCUT2D eigenvalue weighted by molar-refractivity contribution is -0.384. The van der Waals surface area contributed by atoms with Gasteiger partial charge < -0.3 is 0 Å². The molecule has 2 amide bonds. The van der Waals surface area contributed by atoms with Crippen LogP contribution in [0.4, 0.5) is 5.69 Å². The van der Waals surface area contributed by atoms with Crippen LogP contribution in [0.25, 0.3) is 0 Å². The summed E-state index contributed by atoms with van der Waals surface area (Å²) >= 11 is 2.75. The molecule has 0 aliphatic carbocycles. The Balaban J connectivity index is 1.47. The van der Waals surface area contributed by atoms with Crippen molar-refractivity contribution < 1.29 is 14.5 Å². The van der Waals surface area contributed by atoms with Crippen molar-refractivity contribution in [2.24, 2.45) is 0 Å². The fraction of sp³-hybridized carbons (Fsp3) is 0.217. The smallest absolute Gasteiger partial charge is 0.269 e. The standard InChI is InChI=1S/C23H23N5O4S2/c1-14-12-15(2)25-23(24-14)33-13-17-4-6-18(7-5-17)22(30)27-26-21(29)16(3)34-20-10-8-19(9-11-20)28(31)32/h4-12,16H,13H2,1-3H3,(H,26,29)(H,27,30). The van der Waals surface area contributed by atoms with Gasteiger partial charge in [-0.3, -0.25) is 30.6 Å².